The van der Waals surface area contributed by atoms with E-state index in [-0.39, 0.29) is 36.4 Å². The van der Waals surface area contributed by atoms with Gasteiger partial charge in [-0.05, 0) is 36.8 Å². The molecule has 2 aromatic rings. The highest BCUT2D eigenvalue weighted by molar-refractivity contribution is 7.89. The molecule has 9 nitrogen and oxygen atoms in total. The summed E-state index contributed by atoms with van der Waals surface area (Å²) in [5.74, 6) is 0. The summed E-state index contributed by atoms with van der Waals surface area (Å²) in [4.78, 5) is 12.2. The highest BCUT2D eigenvalue weighted by Crippen LogP contribution is 2.22. The normalized spacial score (nSPS) is 17.7. The van der Waals surface area contributed by atoms with Crippen molar-refractivity contribution in [2.75, 3.05) is 39.3 Å². The number of sulfonamides is 1. The van der Waals surface area contributed by atoms with E-state index in [1.807, 2.05) is 24.0 Å². The number of piperazine rings is 1. The molecule has 11 heteroatoms. The summed E-state index contributed by atoms with van der Waals surface area (Å²) in [7, 11) is -3.72. The van der Waals surface area contributed by atoms with Crippen LogP contribution < -0.4 is 0 Å². The van der Waals surface area contributed by atoms with Crippen LogP contribution in [0, 0.1) is 10.1 Å². The van der Waals surface area contributed by atoms with Gasteiger partial charge in [0.25, 0.3) is 5.69 Å². The number of aliphatic hydroxyl groups is 1. The van der Waals surface area contributed by atoms with E-state index in [2.05, 4.69) is 0 Å². The summed E-state index contributed by atoms with van der Waals surface area (Å²) in [5, 5.41) is 21.8. The number of benzene rings is 2. The lowest BCUT2D eigenvalue weighted by Gasteiger charge is -2.35. The van der Waals surface area contributed by atoms with E-state index in [0.29, 0.717) is 24.7 Å². The molecule has 0 bridgehead atoms. The third-order valence-electron chi connectivity index (χ3n) is 5.36. The third kappa shape index (κ3) is 6.25. The molecule has 174 valence electrons. The van der Waals surface area contributed by atoms with E-state index in [1.165, 1.54) is 28.6 Å². The van der Waals surface area contributed by atoms with Gasteiger partial charge in [-0.1, -0.05) is 23.7 Å². The Morgan fingerprint density at radius 1 is 1.09 bits per heavy atom. The number of nitro groups is 1. The van der Waals surface area contributed by atoms with Gasteiger partial charge < -0.3 is 9.84 Å². The number of aliphatic hydroxyl groups excluding tert-OH is 1. The van der Waals surface area contributed by atoms with E-state index in [1.54, 1.807) is 12.1 Å². The van der Waals surface area contributed by atoms with Gasteiger partial charge in [0.1, 0.15) is 0 Å². The molecule has 1 heterocycles. The van der Waals surface area contributed by atoms with Gasteiger partial charge in [-0.15, -0.1) is 0 Å². The second kappa shape index (κ2) is 10.7. The summed E-state index contributed by atoms with van der Waals surface area (Å²) in [6.07, 6.45) is -0.895. The van der Waals surface area contributed by atoms with Crippen molar-refractivity contribution in [3.05, 3.63) is 69.2 Å². The number of ether oxygens (including phenoxy) is 1. The first-order chi connectivity index (χ1) is 15.2. The fraction of sp³-hybridized carbons (Fsp3) is 0.429. The Bertz CT molecular complexity index is 1010. The van der Waals surface area contributed by atoms with Crippen molar-refractivity contribution in [1.82, 2.24) is 9.21 Å². The quantitative estimate of drug-likeness (QED) is 0.431. The molecule has 1 aliphatic rings. The number of hydrogen-bond acceptors (Lipinski definition) is 7. The average molecular weight is 484 g/mol. The zero-order chi connectivity index (χ0) is 23.3. The number of rotatable bonds is 9. The summed E-state index contributed by atoms with van der Waals surface area (Å²) >= 11 is 5.89. The Morgan fingerprint density at radius 3 is 2.25 bits per heavy atom. The third-order valence-corrected chi connectivity index (χ3v) is 7.53. The lowest BCUT2D eigenvalue weighted by Crippen LogP contribution is -2.50. The molecular formula is C21H26ClN3O6S. The molecule has 2 unspecified atom stereocenters. The molecule has 0 amide bonds. The molecule has 3 rings (SSSR count). The lowest BCUT2D eigenvalue weighted by molar-refractivity contribution is -0.384. The van der Waals surface area contributed by atoms with Crippen molar-refractivity contribution in [2.45, 2.75) is 24.0 Å². The molecule has 0 saturated carbocycles. The van der Waals surface area contributed by atoms with Crippen LogP contribution in [0.1, 0.15) is 18.6 Å². The average Bonchev–Trinajstić information content (AvgIpc) is 2.78. The van der Waals surface area contributed by atoms with Gasteiger partial charge in [0.05, 0.1) is 28.6 Å². The molecule has 1 saturated heterocycles. The van der Waals surface area contributed by atoms with Gasteiger partial charge in [-0.2, -0.15) is 4.31 Å². The zero-order valence-electron chi connectivity index (χ0n) is 17.6. The molecule has 0 aromatic heterocycles. The second-order valence-electron chi connectivity index (χ2n) is 7.64. The first-order valence-electron chi connectivity index (χ1n) is 10.2. The van der Waals surface area contributed by atoms with Crippen LogP contribution in [0.25, 0.3) is 0 Å². The Hall–Kier alpha value is -2.08. The predicted molar refractivity (Wildman–Crippen MR) is 120 cm³/mol. The number of nitrogens with zero attached hydrogens (tertiary/aromatic N) is 3. The first kappa shape index (κ1) is 24.6. The first-order valence-corrected chi connectivity index (χ1v) is 12.0. The molecular weight excluding hydrogens is 458 g/mol. The van der Waals surface area contributed by atoms with Crippen LogP contribution >= 0.6 is 11.6 Å². The van der Waals surface area contributed by atoms with Gasteiger partial charge in [0, 0.05) is 49.9 Å². The minimum atomic E-state index is -3.72. The fourth-order valence-corrected chi connectivity index (χ4v) is 5.03. The highest BCUT2D eigenvalue weighted by atomic mass is 35.5. The van der Waals surface area contributed by atoms with E-state index >= 15 is 0 Å². The van der Waals surface area contributed by atoms with Crippen LogP contribution in [-0.4, -0.2) is 73.1 Å². The maximum Gasteiger partial charge on any atom is 0.269 e. The van der Waals surface area contributed by atoms with Crippen molar-refractivity contribution in [2.24, 2.45) is 0 Å². The molecule has 2 atom stereocenters. The Kier molecular flexibility index (Phi) is 8.21. The van der Waals surface area contributed by atoms with E-state index in [9.17, 15) is 23.6 Å². The SMILES string of the molecule is CC(OCC(O)CN1CCN(S(=O)(=O)c2ccc([N+](=O)[O-])cc2)CC1)c1ccc(Cl)cc1. The maximum absolute atomic E-state index is 12.8. The minimum Gasteiger partial charge on any atom is -0.389 e. The predicted octanol–water partition coefficient (Wildman–Crippen LogP) is 2.69. The summed E-state index contributed by atoms with van der Waals surface area (Å²) < 4.78 is 32.7. The Labute approximate surface area is 192 Å². The molecule has 2 aromatic carbocycles. The van der Waals surface area contributed by atoms with Crippen LogP contribution in [0.15, 0.2) is 53.4 Å². The minimum absolute atomic E-state index is 0.0289. The van der Waals surface area contributed by atoms with E-state index in [0.717, 1.165) is 5.56 Å². The topological polar surface area (TPSA) is 113 Å². The van der Waals surface area contributed by atoms with Crippen LogP contribution in [-0.2, 0) is 14.8 Å². The molecule has 0 spiro atoms. The number of halogens is 1. The summed E-state index contributed by atoms with van der Waals surface area (Å²) in [5.41, 5.74) is 0.807. The monoisotopic (exact) mass is 483 g/mol. The summed E-state index contributed by atoms with van der Waals surface area (Å²) in [6.45, 7) is 3.91. The number of nitro benzene ring substituents is 1. The van der Waals surface area contributed by atoms with Crippen molar-refractivity contribution >= 4 is 27.3 Å². The molecule has 1 fully saturated rings. The second-order valence-corrected chi connectivity index (χ2v) is 10.0. The Morgan fingerprint density at radius 2 is 1.69 bits per heavy atom. The van der Waals surface area contributed by atoms with E-state index < -0.39 is 21.1 Å². The standard InChI is InChI=1S/C21H26ClN3O6S/c1-16(17-2-4-18(22)5-3-17)31-15-20(26)14-23-10-12-24(13-11-23)32(29,30)21-8-6-19(7-9-21)25(27)28/h2-9,16,20,26H,10-15H2,1H3. The van der Waals surface area contributed by atoms with Crippen molar-refractivity contribution in [3.8, 4) is 0 Å². The van der Waals surface area contributed by atoms with Gasteiger partial charge >= 0.3 is 0 Å². The van der Waals surface area contributed by atoms with Crippen LogP contribution in [0.4, 0.5) is 5.69 Å². The molecule has 1 N–H and O–H groups in total. The lowest BCUT2D eigenvalue weighted by atomic mass is 10.1. The van der Waals surface area contributed by atoms with Crippen LogP contribution in [0.5, 0.6) is 0 Å². The molecule has 32 heavy (non-hydrogen) atoms. The van der Waals surface area contributed by atoms with Crippen LogP contribution in [0.2, 0.25) is 5.02 Å². The van der Waals surface area contributed by atoms with Gasteiger partial charge in [0.15, 0.2) is 0 Å². The van der Waals surface area contributed by atoms with Crippen molar-refractivity contribution in [1.29, 1.82) is 0 Å². The molecule has 1 aliphatic heterocycles. The maximum atomic E-state index is 12.8. The smallest absolute Gasteiger partial charge is 0.269 e. The number of non-ortho nitro benzene ring substituents is 1. The van der Waals surface area contributed by atoms with Crippen molar-refractivity contribution in [3.63, 3.8) is 0 Å². The van der Waals surface area contributed by atoms with Crippen LogP contribution in [0.3, 0.4) is 0 Å². The van der Waals surface area contributed by atoms with E-state index in [4.69, 9.17) is 16.3 Å². The number of hydrogen-bond donors (Lipinski definition) is 1. The highest BCUT2D eigenvalue weighted by Gasteiger charge is 2.29. The molecule has 0 aliphatic carbocycles. The molecule has 0 radical (unpaired) electrons. The van der Waals surface area contributed by atoms with Crippen molar-refractivity contribution < 1.29 is 23.2 Å². The van der Waals surface area contributed by atoms with Gasteiger partial charge in [0.2, 0.25) is 10.0 Å². The fourth-order valence-electron chi connectivity index (χ4n) is 3.48. The summed E-state index contributed by atoms with van der Waals surface area (Å²) in [6, 6.07) is 12.2. The van der Waals surface area contributed by atoms with Gasteiger partial charge in [-0.25, -0.2) is 8.42 Å². The number of β-amino-alcohol motifs (C(OH)–C–C–N with tert-alkyl or cyclic N) is 1. The Balaban J connectivity index is 1.46. The zero-order valence-corrected chi connectivity index (χ0v) is 19.2. The largest absolute Gasteiger partial charge is 0.389 e. The van der Waals surface area contributed by atoms with Gasteiger partial charge in [-0.3, -0.25) is 15.0 Å².